The summed E-state index contributed by atoms with van der Waals surface area (Å²) in [6.45, 7) is 0. The van der Waals surface area contributed by atoms with Gasteiger partial charge in [0.05, 0.1) is 22.1 Å². The van der Waals surface area contributed by atoms with Crippen LogP contribution in [-0.2, 0) is 0 Å². The van der Waals surface area contributed by atoms with Crippen molar-refractivity contribution in [3.05, 3.63) is 291 Å². The molecule has 0 saturated carbocycles. The molecule has 0 saturated heterocycles. The Morgan fingerprint density at radius 3 is 0.608 bits per heavy atom. The fraction of sp³-hybridized carbons (Fsp3) is 0. The summed E-state index contributed by atoms with van der Waals surface area (Å²) in [5.41, 5.74) is 23.5. The van der Waals surface area contributed by atoms with Crippen molar-refractivity contribution >= 4 is 43.6 Å². The van der Waals surface area contributed by atoms with Crippen molar-refractivity contribution in [1.82, 2.24) is 9.13 Å². The first kappa shape index (κ1) is 43.1. The molecule has 0 unspecified atom stereocenters. The third-order valence-corrected chi connectivity index (χ3v) is 15.0. The molecule has 0 aliphatic carbocycles. The number of para-hydroxylation sites is 4. The molecule has 0 bridgehead atoms. The van der Waals surface area contributed by atoms with Crippen LogP contribution in [0.3, 0.4) is 0 Å². The Morgan fingerprint density at radius 2 is 0.338 bits per heavy atom. The van der Waals surface area contributed by atoms with Crippen molar-refractivity contribution in [3.63, 3.8) is 0 Å². The summed E-state index contributed by atoms with van der Waals surface area (Å²) >= 11 is 0. The number of fused-ring (bicyclic) bond motifs is 6. The van der Waals surface area contributed by atoms with Crippen LogP contribution in [-0.4, -0.2) is 9.13 Å². The molecule has 2 heteroatoms. The Labute approximate surface area is 431 Å². The van der Waals surface area contributed by atoms with E-state index in [1.54, 1.807) is 0 Å². The van der Waals surface area contributed by atoms with E-state index in [9.17, 15) is 0 Å². The van der Waals surface area contributed by atoms with E-state index in [2.05, 4.69) is 300 Å². The van der Waals surface area contributed by atoms with E-state index in [0.29, 0.717) is 0 Å². The third kappa shape index (κ3) is 7.19. The maximum absolute atomic E-state index is 2.41. The van der Waals surface area contributed by atoms with E-state index in [1.807, 2.05) is 0 Å². The van der Waals surface area contributed by atoms with Gasteiger partial charge >= 0.3 is 0 Å². The predicted molar refractivity (Wildman–Crippen MR) is 313 cm³/mol. The molecule has 0 N–H and O–H groups in total. The van der Waals surface area contributed by atoms with Gasteiger partial charge in [0.15, 0.2) is 0 Å². The number of aromatic nitrogens is 2. The molecule has 0 aliphatic rings. The maximum Gasteiger partial charge on any atom is 0.0541 e. The Balaban J connectivity index is 1.01. The summed E-state index contributed by atoms with van der Waals surface area (Å²) in [5.74, 6) is 0. The number of nitrogens with zero attached hydrogens (tertiary/aromatic N) is 2. The molecule has 0 aliphatic heterocycles. The van der Waals surface area contributed by atoms with Crippen molar-refractivity contribution in [2.24, 2.45) is 0 Å². The van der Waals surface area contributed by atoms with Crippen LogP contribution in [0.1, 0.15) is 0 Å². The fourth-order valence-corrected chi connectivity index (χ4v) is 11.7. The van der Waals surface area contributed by atoms with Gasteiger partial charge in [-0.15, -0.1) is 0 Å². The van der Waals surface area contributed by atoms with Crippen LogP contribution in [0.2, 0.25) is 0 Å². The van der Waals surface area contributed by atoms with Crippen molar-refractivity contribution < 1.29 is 0 Å². The van der Waals surface area contributed by atoms with Crippen LogP contribution in [0.15, 0.2) is 291 Å². The zero-order valence-electron chi connectivity index (χ0n) is 40.6. The predicted octanol–water partition coefficient (Wildman–Crippen LogP) is 19.5. The molecule has 0 amide bonds. The van der Waals surface area contributed by atoms with Crippen molar-refractivity contribution in [1.29, 1.82) is 0 Å². The van der Waals surface area contributed by atoms with Gasteiger partial charge in [-0.2, -0.15) is 0 Å². The van der Waals surface area contributed by atoms with Crippen molar-refractivity contribution in [2.45, 2.75) is 0 Å². The van der Waals surface area contributed by atoms with E-state index < -0.39 is 0 Å². The minimum Gasteiger partial charge on any atom is -0.309 e. The normalized spacial score (nSPS) is 11.5. The minimum atomic E-state index is 1.12. The summed E-state index contributed by atoms with van der Waals surface area (Å²) < 4.78 is 4.79. The Bertz CT molecular complexity index is 4130. The van der Waals surface area contributed by atoms with Crippen LogP contribution in [0, 0.1) is 0 Å². The first-order chi connectivity index (χ1) is 36.8. The molecule has 346 valence electrons. The highest BCUT2D eigenvalue weighted by Crippen LogP contribution is 2.56. The van der Waals surface area contributed by atoms with Gasteiger partial charge in [-0.1, -0.05) is 243 Å². The molecular weight excluding hydrogens is 893 g/mol. The standard InChI is InChI=1S/C72H48N2/c1-5-21-51(22-6-1)67-69(53-25-9-3-10-26-53)72(56-43-47-58(48-44-56)74-65-35-19-15-31-61(65)62-32-16-20-36-66(62)74)70(54-27-11-4-12-28-54)68(52-23-7-2-8-24-52)71(67)55-39-37-49(38-40-55)50-41-45-57(46-42-50)73-63-33-17-13-29-59(63)60-30-14-18-34-64(60)73/h1-48H. The summed E-state index contributed by atoms with van der Waals surface area (Å²) in [6.07, 6.45) is 0. The van der Waals surface area contributed by atoms with Crippen molar-refractivity contribution in [3.8, 4) is 89.3 Å². The van der Waals surface area contributed by atoms with Gasteiger partial charge in [-0.25, -0.2) is 0 Å². The Hall–Kier alpha value is -9.76. The lowest BCUT2D eigenvalue weighted by molar-refractivity contribution is 1.18. The second-order valence-electron chi connectivity index (χ2n) is 19.1. The molecule has 2 heterocycles. The summed E-state index contributed by atoms with van der Waals surface area (Å²) in [6, 6.07) is 107. The van der Waals surface area contributed by atoms with Gasteiger partial charge in [0.25, 0.3) is 0 Å². The smallest absolute Gasteiger partial charge is 0.0541 e. The molecule has 74 heavy (non-hydrogen) atoms. The Morgan fingerprint density at radius 1 is 0.149 bits per heavy atom. The largest absolute Gasteiger partial charge is 0.309 e. The average Bonchev–Trinajstić information content (AvgIpc) is 4.01. The highest BCUT2D eigenvalue weighted by Gasteiger charge is 2.29. The van der Waals surface area contributed by atoms with Crippen LogP contribution < -0.4 is 0 Å². The van der Waals surface area contributed by atoms with Crippen molar-refractivity contribution in [2.75, 3.05) is 0 Å². The van der Waals surface area contributed by atoms with Crippen LogP contribution in [0.5, 0.6) is 0 Å². The molecule has 2 aromatic heterocycles. The molecule has 0 fully saturated rings. The second-order valence-corrected chi connectivity index (χ2v) is 19.1. The summed E-state index contributed by atoms with van der Waals surface area (Å²) in [5, 5.41) is 5.03. The Kier molecular flexibility index (Phi) is 10.6. The number of hydrogen-bond acceptors (Lipinski definition) is 0. The summed E-state index contributed by atoms with van der Waals surface area (Å²) in [4.78, 5) is 0. The van der Waals surface area contributed by atoms with Crippen LogP contribution in [0.4, 0.5) is 0 Å². The highest BCUT2D eigenvalue weighted by atomic mass is 15.0. The van der Waals surface area contributed by atoms with Crippen LogP contribution in [0.25, 0.3) is 133 Å². The van der Waals surface area contributed by atoms with E-state index in [1.165, 1.54) is 82.6 Å². The zero-order chi connectivity index (χ0) is 49.0. The molecule has 0 atom stereocenters. The zero-order valence-corrected chi connectivity index (χ0v) is 40.6. The topological polar surface area (TPSA) is 9.86 Å². The monoisotopic (exact) mass is 940 g/mol. The molecule has 12 aromatic carbocycles. The van der Waals surface area contributed by atoms with Gasteiger partial charge in [-0.05, 0) is 126 Å². The molecule has 2 nitrogen and oxygen atoms in total. The number of rotatable bonds is 9. The second kappa shape index (κ2) is 18.1. The molecule has 14 aromatic rings. The van der Waals surface area contributed by atoms with Gasteiger partial charge in [0.2, 0.25) is 0 Å². The number of benzene rings is 12. The molecule has 14 rings (SSSR count). The number of hydrogen-bond donors (Lipinski definition) is 0. The lowest BCUT2D eigenvalue weighted by atomic mass is 9.74. The average molecular weight is 941 g/mol. The SMILES string of the molecule is c1ccc(-c2c(-c3ccccc3)c(-c3ccc(-n4c5ccccc5c5ccccc54)cc3)c(-c3ccccc3)c(-c3ccccc3)c2-c2ccc(-c3ccc(-n4c5ccccc5c5ccccc54)cc3)cc2)cc1. The van der Waals surface area contributed by atoms with Crippen LogP contribution >= 0.6 is 0 Å². The van der Waals surface area contributed by atoms with Gasteiger partial charge in [0.1, 0.15) is 0 Å². The van der Waals surface area contributed by atoms with E-state index in [0.717, 1.165) is 50.3 Å². The first-order valence-corrected chi connectivity index (χ1v) is 25.5. The molecule has 0 radical (unpaired) electrons. The molecular formula is C72H48N2. The van der Waals surface area contributed by atoms with E-state index in [4.69, 9.17) is 0 Å². The van der Waals surface area contributed by atoms with Gasteiger partial charge < -0.3 is 9.13 Å². The molecule has 0 spiro atoms. The summed E-state index contributed by atoms with van der Waals surface area (Å²) in [7, 11) is 0. The van der Waals surface area contributed by atoms with E-state index in [-0.39, 0.29) is 0 Å². The fourth-order valence-electron chi connectivity index (χ4n) is 11.7. The first-order valence-electron chi connectivity index (χ1n) is 25.5. The maximum atomic E-state index is 2.41. The van der Waals surface area contributed by atoms with Gasteiger partial charge in [-0.3, -0.25) is 0 Å². The van der Waals surface area contributed by atoms with E-state index >= 15 is 0 Å². The highest BCUT2D eigenvalue weighted by molar-refractivity contribution is 6.16. The minimum absolute atomic E-state index is 1.12. The third-order valence-electron chi connectivity index (χ3n) is 15.0. The lowest BCUT2D eigenvalue weighted by Crippen LogP contribution is -2.02. The van der Waals surface area contributed by atoms with Gasteiger partial charge in [0, 0.05) is 32.9 Å². The lowest BCUT2D eigenvalue weighted by Gasteiger charge is -2.29. The quantitative estimate of drug-likeness (QED) is 0.136.